The summed E-state index contributed by atoms with van der Waals surface area (Å²) in [5, 5.41) is 18.4. The molecule has 2 heteroatoms. The molecule has 2 N–H and O–H groups in total. The summed E-state index contributed by atoms with van der Waals surface area (Å²) in [7, 11) is 0. The number of fused-ring (bicyclic) bond motifs is 4. The Morgan fingerprint density at radius 1 is 0.243 bits per heavy atom. The van der Waals surface area contributed by atoms with Crippen molar-refractivity contribution in [3.63, 3.8) is 0 Å². The molecule has 0 aliphatic carbocycles. The maximum atomic E-state index is 4.24. The predicted octanol–water partition coefficient (Wildman–Crippen LogP) is 17.3. The fraction of sp³-hybridized carbons (Fsp3) is 0.0588. The standard InChI is InChI=1S/C68H52N2/c1-5-21-47(22-6-1)61-43-41-51-27-15-19-35-59(51)65(61)63-55(39-37-49-25-13-17-33-57(49)63)45-69-67(53-29-9-3-10-30-53)68(54-31-11-4-12-32-54)70-46-56-40-38-50-26-14-18-34-58(50)64(56)66-60-36-20-16-28-52(60)42-44-62(66)48-23-7-2-8-24-48/h1-44,67-70H,45-46H2/t67-,68-/m1/s1. The number of rotatable bonds is 13. The van der Waals surface area contributed by atoms with Gasteiger partial charge in [-0.2, -0.15) is 0 Å². The highest BCUT2D eigenvalue weighted by molar-refractivity contribution is 6.13. The van der Waals surface area contributed by atoms with Crippen molar-refractivity contribution in [2.45, 2.75) is 25.2 Å². The van der Waals surface area contributed by atoms with E-state index in [-0.39, 0.29) is 12.1 Å². The summed E-state index contributed by atoms with van der Waals surface area (Å²) in [6.07, 6.45) is 0. The van der Waals surface area contributed by atoms with E-state index in [1.54, 1.807) is 0 Å². The molecule has 12 rings (SSSR count). The lowest BCUT2D eigenvalue weighted by Crippen LogP contribution is -2.35. The number of benzene rings is 12. The molecule has 0 saturated heterocycles. The zero-order chi connectivity index (χ0) is 46.6. The van der Waals surface area contributed by atoms with E-state index >= 15 is 0 Å². The first-order chi connectivity index (χ1) is 34.8. The van der Waals surface area contributed by atoms with Gasteiger partial charge in [-0.05, 0) is 110 Å². The molecule has 0 bridgehead atoms. The molecule has 0 saturated carbocycles. The molecule has 70 heavy (non-hydrogen) atoms. The summed E-state index contributed by atoms with van der Waals surface area (Å²) >= 11 is 0. The van der Waals surface area contributed by atoms with Crippen molar-refractivity contribution in [3.8, 4) is 44.5 Å². The fourth-order valence-electron chi connectivity index (χ4n) is 10.9. The molecule has 0 fully saturated rings. The van der Waals surface area contributed by atoms with Gasteiger partial charge in [0, 0.05) is 13.1 Å². The molecule has 0 amide bonds. The van der Waals surface area contributed by atoms with Crippen molar-refractivity contribution in [2.24, 2.45) is 0 Å². The van der Waals surface area contributed by atoms with E-state index < -0.39 is 0 Å². The van der Waals surface area contributed by atoms with Gasteiger partial charge in [0.2, 0.25) is 0 Å². The molecule has 12 aromatic rings. The van der Waals surface area contributed by atoms with Crippen LogP contribution in [0.4, 0.5) is 0 Å². The van der Waals surface area contributed by atoms with E-state index in [1.165, 1.54) is 110 Å². The van der Waals surface area contributed by atoms with E-state index in [1.807, 2.05) is 0 Å². The van der Waals surface area contributed by atoms with Gasteiger partial charge in [-0.25, -0.2) is 0 Å². The number of nitrogens with one attached hydrogen (secondary N) is 2. The molecule has 334 valence electrons. The molecule has 2 nitrogen and oxygen atoms in total. The molecular formula is C68H52N2. The van der Waals surface area contributed by atoms with Crippen molar-refractivity contribution in [3.05, 3.63) is 289 Å². The summed E-state index contributed by atoms with van der Waals surface area (Å²) in [5.41, 5.74) is 14.9. The van der Waals surface area contributed by atoms with Crippen molar-refractivity contribution in [1.82, 2.24) is 10.6 Å². The minimum absolute atomic E-state index is 0.106. The van der Waals surface area contributed by atoms with Gasteiger partial charge in [0.25, 0.3) is 0 Å². The first-order valence-electron chi connectivity index (χ1n) is 24.5. The van der Waals surface area contributed by atoms with E-state index in [0.717, 1.165) is 0 Å². The molecule has 0 aromatic heterocycles. The minimum Gasteiger partial charge on any atom is -0.304 e. The van der Waals surface area contributed by atoms with Gasteiger partial charge < -0.3 is 10.6 Å². The van der Waals surface area contributed by atoms with Crippen molar-refractivity contribution in [1.29, 1.82) is 0 Å². The van der Waals surface area contributed by atoms with Crippen LogP contribution in [-0.4, -0.2) is 0 Å². The minimum atomic E-state index is -0.106. The topological polar surface area (TPSA) is 24.1 Å². The fourth-order valence-corrected chi connectivity index (χ4v) is 10.9. The monoisotopic (exact) mass is 896 g/mol. The van der Waals surface area contributed by atoms with Gasteiger partial charge in [-0.15, -0.1) is 0 Å². The van der Waals surface area contributed by atoms with E-state index in [9.17, 15) is 0 Å². The van der Waals surface area contributed by atoms with Crippen LogP contribution in [-0.2, 0) is 13.1 Å². The summed E-state index contributed by atoms with van der Waals surface area (Å²) in [5.74, 6) is 0. The summed E-state index contributed by atoms with van der Waals surface area (Å²) in [6, 6.07) is 97.5. The van der Waals surface area contributed by atoms with Crippen molar-refractivity contribution < 1.29 is 0 Å². The third kappa shape index (κ3) is 8.24. The maximum Gasteiger partial charge on any atom is 0.0521 e. The van der Waals surface area contributed by atoms with Gasteiger partial charge in [0.05, 0.1) is 12.1 Å². The SMILES string of the molecule is c1ccc(-c2ccc3ccccc3c2-c2c(CN[C@H](c3ccccc3)[C@H](NCc3ccc4ccccc4c3-c3c(-c4ccccc4)ccc4ccccc34)c3ccccc3)ccc3ccccc23)cc1. The highest BCUT2D eigenvalue weighted by Crippen LogP contribution is 2.45. The molecule has 2 atom stereocenters. The van der Waals surface area contributed by atoms with E-state index in [4.69, 9.17) is 0 Å². The van der Waals surface area contributed by atoms with Crippen LogP contribution in [0, 0.1) is 0 Å². The van der Waals surface area contributed by atoms with Crippen LogP contribution in [0.2, 0.25) is 0 Å². The van der Waals surface area contributed by atoms with Crippen LogP contribution in [0.25, 0.3) is 87.6 Å². The molecular weight excluding hydrogens is 845 g/mol. The first kappa shape index (κ1) is 42.9. The zero-order valence-corrected chi connectivity index (χ0v) is 39.0. The highest BCUT2D eigenvalue weighted by atomic mass is 15.0. The second kappa shape index (κ2) is 19.3. The Labute approximate surface area is 410 Å². The second-order valence-electron chi connectivity index (χ2n) is 18.3. The maximum absolute atomic E-state index is 4.24. The Kier molecular flexibility index (Phi) is 11.8. The van der Waals surface area contributed by atoms with Gasteiger partial charge in [0.1, 0.15) is 0 Å². The highest BCUT2D eigenvalue weighted by Gasteiger charge is 2.27. The molecule has 0 unspecified atom stereocenters. The first-order valence-corrected chi connectivity index (χ1v) is 24.5. The average molecular weight is 897 g/mol. The lowest BCUT2D eigenvalue weighted by molar-refractivity contribution is 0.381. The van der Waals surface area contributed by atoms with Crippen LogP contribution in [0.15, 0.2) is 267 Å². The van der Waals surface area contributed by atoms with Gasteiger partial charge >= 0.3 is 0 Å². The Morgan fingerprint density at radius 3 is 0.886 bits per heavy atom. The van der Waals surface area contributed by atoms with Crippen LogP contribution < -0.4 is 10.6 Å². The Bertz CT molecular complexity index is 3520. The average Bonchev–Trinajstić information content (AvgIpc) is 3.44. The largest absolute Gasteiger partial charge is 0.304 e. The quantitative estimate of drug-likeness (QED) is 0.120. The molecule has 0 aliphatic heterocycles. The zero-order valence-electron chi connectivity index (χ0n) is 39.0. The molecule has 0 heterocycles. The molecule has 0 spiro atoms. The smallest absolute Gasteiger partial charge is 0.0521 e. The predicted molar refractivity (Wildman–Crippen MR) is 297 cm³/mol. The molecule has 12 aromatic carbocycles. The van der Waals surface area contributed by atoms with Crippen LogP contribution >= 0.6 is 0 Å². The van der Waals surface area contributed by atoms with Crippen LogP contribution in [0.5, 0.6) is 0 Å². The lowest BCUT2D eigenvalue weighted by Gasteiger charge is -2.31. The van der Waals surface area contributed by atoms with Crippen molar-refractivity contribution in [2.75, 3.05) is 0 Å². The third-order valence-corrected chi connectivity index (χ3v) is 14.2. The van der Waals surface area contributed by atoms with Gasteiger partial charge in [-0.1, -0.05) is 267 Å². The van der Waals surface area contributed by atoms with Crippen LogP contribution in [0.3, 0.4) is 0 Å². The Hall–Kier alpha value is -8.40. The Morgan fingerprint density at radius 2 is 0.529 bits per heavy atom. The Balaban J connectivity index is 0.998. The van der Waals surface area contributed by atoms with Gasteiger partial charge in [0.15, 0.2) is 0 Å². The summed E-state index contributed by atoms with van der Waals surface area (Å²) in [6.45, 7) is 1.28. The molecule has 0 radical (unpaired) electrons. The van der Waals surface area contributed by atoms with Gasteiger partial charge in [-0.3, -0.25) is 0 Å². The third-order valence-electron chi connectivity index (χ3n) is 14.2. The summed E-state index contributed by atoms with van der Waals surface area (Å²) in [4.78, 5) is 0. The normalized spacial score (nSPS) is 12.4. The van der Waals surface area contributed by atoms with Crippen LogP contribution in [0.1, 0.15) is 34.3 Å². The summed E-state index contributed by atoms with van der Waals surface area (Å²) < 4.78 is 0. The molecule has 0 aliphatic rings. The van der Waals surface area contributed by atoms with Crippen molar-refractivity contribution >= 4 is 43.1 Å². The van der Waals surface area contributed by atoms with E-state index in [0.29, 0.717) is 13.1 Å². The number of hydrogen-bond donors (Lipinski definition) is 2. The van der Waals surface area contributed by atoms with E-state index in [2.05, 4.69) is 278 Å². The lowest BCUT2D eigenvalue weighted by atomic mass is 9.84. The second-order valence-corrected chi connectivity index (χ2v) is 18.3. The number of hydrogen-bond acceptors (Lipinski definition) is 2.